The summed E-state index contributed by atoms with van der Waals surface area (Å²) in [7, 11) is -3.36. The van der Waals surface area contributed by atoms with E-state index < -0.39 is 10.0 Å². The Kier molecular flexibility index (Phi) is 4.62. The molecule has 19 heavy (non-hydrogen) atoms. The Morgan fingerprint density at radius 1 is 1.26 bits per heavy atom. The maximum atomic E-state index is 12.6. The van der Waals surface area contributed by atoms with Gasteiger partial charge in [-0.1, -0.05) is 0 Å². The van der Waals surface area contributed by atoms with Gasteiger partial charge in [0.2, 0.25) is 10.0 Å². The second kappa shape index (κ2) is 5.88. The molecule has 1 aliphatic heterocycles. The van der Waals surface area contributed by atoms with Gasteiger partial charge in [0.05, 0.1) is 11.5 Å². The second-order valence-electron chi connectivity index (χ2n) is 4.75. The van der Waals surface area contributed by atoms with Crippen LogP contribution >= 0.6 is 11.3 Å². The highest BCUT2D eigenvalue weighted by atomic mass is 32.2. The molecule has 0 spiro atoms. The first-order chi connectivity index (χ1) is 8.95. The average molecular weight is 304 g/mol. The van der Waals surface area contributed by atoms with E-state index >= 15 is 0 Å². The van der Waals surface area contributed by atoms with Gasteiger partial charge in [-0.2, -0.15) is 4.31 Å². The lowest BCUT2D eigenvalue weighted by atomic mass is 10.4. The number of rotatable bonds is 4. The Morgan fingerprint density at radius 2 is 1.89 bits per heavy atom. The summed E-state index contributed by atoms with van der Waals surface area (Å²) in [6, 6.07) is 1.76. The third kappa shape index (κ3) is 3.17. The van der Waals surface area contributed by atoms with E-state index in [1.165, 1.54) is 11.3 Å². The summed E-state index contributed by atoms with van der Waals surface area (Å²) < 4.78 is 26.7. The fraction of sp³-hybridized carbons (Fsp3) is 0.667. The predicted octanol–water partition coefficient (Wildman–Crippen LogP) is 0.664. The van der Waals surface area contributed by atoms with Crippen molar-refractivity contribution in [3.05, 3.63) is 15.8 Å². The fourth-order valence-corrected chi connectivity index (χ4v) is 5.28. The minimum atomic E-state index is -3.36. The molecule has 0 bridgehead atoms. The number of sulfonamides is 1. The molecule has 0 aliphatic carbocycles. The minimum absolute atomic E-state index is 0.121. The van der Waals surface area contributed by atoms with E-state index in [1.54, 1.807) is 10.4 Å². The molecule has 7 heteroatoms. The topological polar surface area (TPSA) is 60.9 Å². The molecule has 0 atom stereocenters. The van der Waals surface area contributed by atoms with Crippen molar-refractivity contribution in [2.45, 2.75) is 18.7 Å². The third-order valence-electron chi connectivity index (χ3n) is 3.36. The first kappa shape index (κ1) is 14.9. The summed E-state index contributed by atoms with van der Waals surface area (Å²) in [4.78, 5) is 4.41. The number of aliphatic hydroxyl groups is 1. The third-order valence-corrected chi connectivity index (χ3v) is 6.48. The first-order valence-corrected chi connectivity index (χ1v) is 8.61. The van der Waals surface area contributed by atoms with E-state index in [-0.39, 0.29) is 6.61 Å². The molecule has 0 aromatic carbocycles. The highest BCUT2D eigenvalue weighted by molar-refractivity contribution is 7.89. The van der Waals surface area contributed by atoms with E-state index in [2.05, 4.69) is 4.90 Å². The molecule has 108 valence electrons. The van der Waals surface area contributed by atoms with Crippen LogP contribution in [0.25, 0.3) is 0 Å². The molecule has 0 radical (unpaired) electrons. The largest absolute Gasteiger partial charge is 0.395 e. The van der Waals surface area contributed by atoms with Crippen LogP contribution in [0.4, 0.5) is 0 Å². The van der Waals surface area contributed by atoms with Crippen LogP contribution in [0.15, 0.2) is 11.0 Å². The summed E-state index contributed by atoms with van der Waals surface area (Å²) in [5.74, 6) is 0. The van der Waals surface area contributed by atoms with Gasteiger partial charge in [0.15, 0.2) is 0 Å². The summed E-state index contributed by atoms with van der Waals surface area (Å²) in [6.45, 7) is 6.87. The van der Waals surface area contributed by atoms with Gasteiger partial charge in [-0.3, -0.25) is 4.90 Å². The zero-order valence-corrected chi connectivity index (χ0v) is 12.9. The lowest BCUT2D eigenvalue weighted by molar-refractivity contribution is 0.151. The van der Waals surface area contributed by atoms with E-state index in [1.807, 2.05) is 13.8 Å². The van der Waals surface area contributed by atoms with Crippen LogP contribution in [0, 0.1) is 13.8 Å². The molecule has 1 fully saturated rings. The van der Waals surface area contributed by atoms with Crippen LogP contribution in [0.2, 0.25) is 0 Å². The van der Waals surface area contributed by atoms with Crippen LogP contribution in [-0.2, 0) is 10.0 Å². The van der Waals surface area contributed by atoms with Crippen molar-refractivity contribution in [1.82, 2.24) is 9.21 Å². The fourth-order valence-electron chi connectivity index (χ4n) is 2.34. The van der Waals surface area contributed by atoms with E-state index in [9.17, 15) is 8.42 Å². The molecule has 2 rings (SSSR count). The number of piperazine rings is 1. The number of hydrogen-bond acceptors (Lipinski definition) is 5. The molecule has 1 aromatic heterocycles. The van der Waals surface area contributed by atoms with Gasteiger partial charge in [0.25, 0.3) is 0 Å². The molecule has 0 unspecified atom stereocenters. The van der Waals surface area contributed by atoms with Gasteiger partial charge in [-0.25, -0.2) is 8.42 Å². The Bertz CT molecular complexity index is 531. The van der Waals surface area contributed by atoms with Crippen molar-refractivity contribution in [2.75, 3.05) is 39.3 Å². The number of β-amino-alcohol motifs (C(OH)–C–C–N with tert-alkyl or cyclic N) is 1. The maximum Gasteiger partial charge on any atom is 0.244 e. The molecule has 1 N–H and O–H groups in total. The van der Waals surface area contributed by atoms with E-state index in [4.69, 9.17) is 5.11 Å². The Hall–Kier alpha value is -0.470. The zero-order valence-electron chi connectivity index (χ0n) is 11.3. The molecule has 5 nitrogen and oxygen atoms in total. The smallest absolute Gasteiger partial charge is 0.244 e. The summed E-state index contributed by atoms with van der Waals surface area (Å²) >= 11 is 1.52. The summed E-state index contributed by atoms with van der Waals surface area (Å²) in [6.07, 6.45) is 0. The first-order valence-electron chi connectivity index (χ1n) is 6.35. The van der Waals surface area contributed by atoms with Crippen LogP contribution in [-0.4, -0.2) is 62.1 Å². The average Bonchev–Trinajstić information content (AvgIpc) is 2.70. The van der Waals surface area contributed by atoms with Crippen LogP contribution in [0.5, 0.6) is 0 Å². The van der Waals surface area contributed by atoms with Gasteiger partial charge >= 0.3 is 0 Å². The van der Waals surface area contributed by atoms with Crippen molar-refractivity contribution in [1.29, 1.82) is 0 Å². The maximum absolute atomic E-state index is 12.6. The quantitative estimate of drug-likeness (QED) is 0.888. The van der Waals surface area contributed by atoms with Crippen LogP contribution in [0.1, 0.15) is 9.75 Å². The molecule has 1 saturated heterocycles. The Labute approximate surface area is 118 Å². The number of hydrogen-bond donors (Lipinski definition) is 1. The number of thiophene rings is 1. The Balaban J connectivity index is 2.12. The van der Waals surface area contributed by atoms with Crippen LogP contribution < -0.4 is 0 Å². The lowest BCUT2D eigenvalue weighted by Crippen LogP contribution is -2.49. The van der Waals surface area contributed by atoms with Crippen molar-refractivity contribution >= 4 is 21.4 Å². The van der Waals surface area contributed by atoms with Crippen molar-refractivity contribution in [3.8, 4) is 0 Å². The van der Waals surface area contributed by atoms with Crippen molar-refractivity contribution in [3.63, 3.8) is 0 Å². The normalized spacial score (nSPS) is 18.9. The molecular weight excluding hydrogens is 284 g/mol. The monoisotopic (exact) mass is 304 g/mol. The summed E-state index contributed by atoms with van der Waals surface area (Å²) in [5, 5.41) is 8.89. The van der Waals surface area contributed by atoms with Crippen molar-refractivity contribution in [2.24, 2.45) is 0 Å². The predicted molar refractivity (Wildman–Crippen MR) is 76.1 cm³/mol. The van der Waals surface area contributed by atoms with Gasteiger partial charge in [-0.15, -0.1) is 11.3 Å². The Morgan fingerprint density at radius 3 is 2.37 bits per heavy atom. The van der Waals surface area contributed by atoms with Crippen LogP contribution in [0.3, 0.4) is 0 Å². The van der Waals surface area contributed by atoms with Crippen molar-refractivity contribution < 1.29 is 13.5 Å². The van der Waals surface area contributed by atoms with Gasteiger partial charge in [-0.05, 0) is 19.9 Å². The van der Waals surface area contributed by atoms with Gasteiger partial charge in [0, 0.05) is 42.5 Å². The molecular formula is C12H20N2O3S2. The summed E-state index contributed by atoms with van der Waals surface area (Å²) in [5.41, 5.74) is 0. The molecule has 0 amide bonds. The van der Waals surface area contributed by atoms with E-state index in [0.29, 0.717) is 37.6 Å². The van der Waals surface area contributed by atoms with E-state index in [0.717, 1.165) is 9.75 Å². The lowest BCUT2D eigenvalue weighted by Gasteiger charge is -2.33. The number of aryl methyl sites for hydroxylation is 2. The minimum Gasteiger partial charge on any atom is -0.395 e. The highest BCUT2D eigenvalue weighted by Crippen LogP contribution is 2.28. The standard InChI is InChI=1S/C12H20N2O3S2/c1-10-9-12(11(2)18-10)19(16,17)14-5-3-13(4-6-14)7-8-15/h9,15H,3-8H2,1-2H3. The molecule has 1 aliphatic rings. The second-order valence-corrected chi connectivity index (χ2v) is 8.11. The highest BCUT2D eigenvalue weighted by Gasteiger charge is 2.30. The molecule has 1 aromatic rings. The van der Waals surface area contributed by atoms with Gasteiger partial charge < -0.3 is 5.11 Å². The number of nitrogens with zero attached hydrogens (tertiary/aromatic N) is 2. The van der Waals surface area contributed by atoms with Gasteiger partial charge in [0.1, 0.15) is 0 Å². The zero-order chi connectivity index (χ0) is 14.0. The SMILES string of the molecule is Cc1cc(S(=O)(=O)N2CCN(CCO)CC2)c(C)s1. The molecule has 2 heterocycles. The number of aliphatic hydroxyl groups excluding tert-OH is 1. The molecule has 0 saturated carbocycles.